The van der Waals surface area contributed by atoms with E-state index in [-0.39, 0.29) is 18.6 Å². The summed E-state index contributed by atoms with van der Waals surface area (Å²) in [6, 6.07) is 7.64. The van der Waals surface area contributed by atoms with Crippen LogP contribution in [-0.4, -0.2) is 36.6 Å². The third-order valence-corrected chi connectivity index (χ3v) is 4.68. The molecule has 0 atom stereocenters. The lowest BCUT2D eigenvalue weighted by Crippen LogP contribution is -2.29. The second-order valence-electron chi connectivity index (χ2n) is 4.55. The van der Waals surface area contributed by atoms with Crippen molar-refractivity contribution in [3.05, 3.63) is 35.4 Å². The number of carbonyl (C=O) groups is 1. The van der Waals surface area contributed by atoms with E-state index >= 15 is 0 Å². The SMILES string of the molecule is Cc1ccc(CN(C)S(=O)(=O)CCCC(=O)O)cc1. The highest BCUT2D eigenvalue weighted by Gasteiger charge is 2.18. The molecule has 106 valence electrons. The molecule has 1 N–H and O–H groups in total. The maximum absolute atomic E-state index is 11.9. The van der Waals surface area contributed by atoms with Crippen molar-refractivity contribution in [2.75, 3.05) is 12.8 Å². The molecule has 0 bridgehead atoms. The van der Waals surface area contributed by atoms with Gasteiger partial charge in [-0.05, 0) is 18.9 Å². The molecule has 0 spiro atoms. The Morgan fingerprint density at radius 1 is 1.26 bits per heavy atom. The molecule has 0 saturated carbocycles. The summed E-state index contributed by atoms with van der Waals surface area (Å²) in [6.07, 6.45) is 0.00745. The van der Waals surface area contributed by atoms with Crippen LogP contribution in [0.5, 0.6) is 0 Å². The van der Waals surface area contributed by atoms with E-state index in [2.05, 4.69) is 0 Å². The fraction of sp³-hybridized carbons (Fsp3) is 0.462. The zero-order chi connectivity index (χ0) is 14.5. The number of carboxylic acids is 1. The van der Waals surface area contributed by atoms with Crippen LogP contribution in [0.15, 0.2) is 24.3 Å². The Labute approximate surface area is 113 Å². The lowest BCUT2D eigenvalue weighted by Gasteiger charge is -2.17. The minimum Gasteiger partial charge on any atom is -0.481 e. The molecule has 6 heteroatoms. The first-order valence-corrected chi connectivity index (χ1v) is 7.63. The summed E-state index contributed by atoms with van der Waals surface area (Å²) >= 11 is 0. The van der Waals surface area contributed by atoms with Gasteiger partial charge < -0.3 is 5.11 Å². The van der Waals surface area contributed by atoms with Crippen molar-refractivity contribution >= 4 is 16.0 Å². The summed E-state index contributed by atoms with van der Waals surface area (Å²) in [7, 11) is -1.88. The van der Waals surface area contributed by atoms with E-state index in [9.17, 15) is 13.2 Å². The third-order valence-electron chi connectivity index (χ3n) is 2.79. The molecule has 1 aromatic rings. The largest absolute Gasteiger partial charge is 0.481 e. The summed E-state index contributed by atoms with van der Waals surface area (Å²) in [6.45, 7) is 2.27. The molecule has 1 rings (SSSR count). The van der Waals surface area contributed by atoms with Gasteiger partial charge in [0, 0.05) is 20.0 Å². The Bertz CT molecular complexity index is 522. The van der Waals surface area contributed by atoms with Crippen molar-refractivity contribution < 1.29 is 18.3 Å². The average molecular weight is 285 g/mol. The standard InChI is InChI=1S/C13H19NO4S/c1-11-5-7-12(8-6-11)10-14(2)19(17,18)9-3-4-13(15)16/h5-8H,3-4,9-10H2,1-2H3,(H,15,16). The van der Waals surface area contributed by atoms with Crippen LogP contribution in [0.4, 0.5) is 0 Å². The Kier molecular flexibility index (Phi) is 5.50. The second-order valence-corrected chi connectivity index (χ2v) is 6.75. The molecule has 0 aliphatic rings. The van der Waals surface area contributed by atoms with Crippen molar-refractivity contribution in [3.63, 3.8) is 0 Å². The van der Waals surface area contributed by atoms with Crippen LogP contribution in [-0.2, 0) is 21.4 Å². The van der Waals surface area contributed by atoms with E-state index < -0.39 is 16.0 Å². The molecule has 0 aliphatic heterocycles. The third kappa shape index (κ3) is 5.40. The zero-order valence-corrected chi connectivity index (χ0v) is 12.0. The van der Waals surface area contributed by atoms with E-state index in [4.69, 9.17) is 5.11 Å². The summed E-state index contributed by atoms with van der Waals surface area (Å²) < 4.78 is 25.1. The highest BCUT2D eigenvalue weighted by molar-refractivity contribution is 7.89. The molecule has 5 nitrogen and oxygen atoms in total. The molecule has 0 aliphatic carbocycles. The van der Waals surface area contributed by atoms with Gasteiger partial charge in [-0.1, -0.05) is 29.8 Å². The number of aliphatic carboxylic acids is 1. The Morgan fingerprint density at radius 3 is 2.37 bits per heavy atom. The van der Waals surface area contributed by atoms with Gasteiger partial charge >= 0.3 is 5.97 Å². The van der Waals surface area contributed by atoms with Crippen LogP contribution in [0.1, 0.15) is 24.0 Å². The number of rotatable bonds is 7. The fourth-order valence-electron chi connectivity index (χ4n) is 1.61. The maximum atomic E-state index is 11.9. The molecule has 0 fully saturated rings. The molecule has 0 saturated heterocycles. The van der Waals surface area contributed by atoms with Gasteiger partial charge in [0.15, 0.2) is 0 Å². The minimum absolute atomic E-state index is 0.127. The molecule has 0 heterocycles. The van der Waals surface area contributed by atoms with Crippen LogP contribution in [0.25, 0.3) is 0 Å². The first-order chi connectivity index (χ1) is 8.81. The van der Waals surface area contributed by atoms with Crippen molar-refractivity contribution in [1.29, 1.82) is 0 Å². The van der Waals surface area contributed by atoms with E-state index in [1.807, 2.05) is 31.2 Å². The highest BCUT2D eigenvalue weighted by atomic mass is 32.2. The van der Waals surface area contributed by atoms with E-state index in [0.717, 1.165) is 11.1 Å². The monoisotopic (exact) mass is 285 g/mol. The molecule has 0 aromatic heterocycles. The van der Waals surface area contributed by atoms with Crippen LogP contribution in [0.2, 0.25) is 0 Å². The number of benzene rings is 1. The van der Waals surface area contributed by atoms with Gasteiger partial charge in [-0.15, -0.1) is 0 Å². The number of hydrogen-bond donors (Lipinski definition) is 1. The van der Waals surface area contributed by atoms with Gasteiger partial charge in [0.05, 0.1) is 5.75 Å². The van der Waals surface area contributed by atoms with Gasteiger partial charge in [0.25, 0.3) is 0 Å². The fourth-order valence-corrected chi connectivity index (χ4v) is 2.78. The Balaban J connectivity index is 2.58. The van der Waals surface area contributed by atoms with E-state index in [0.29, 0.717) is 6.54 Å². The zero-order valence-electron chi connectivity index (χ0n) is 11.2. The van der Waals surface area contributed by atoms with Gasteiger partial charge in [0.2, 0.25) is 10.0 Å². The Morgan fingerprint density at radius 2 is 1.84 bits per heavy atom. The van der Waals surface area contributed by atoms with Gasteiger partial charge in [-0.2, -0.15) is 0 Å². The van der Waals surface area contributed by atoms with Crippen molar-refractivity contribution in [2.45, 2.75) is 26.3 Å². The average Bonchev–Trinajstić information content (AvgIpc) is 2.31. The van der Waals surface area contributed by atoms with Gasteiger partial charge in [-0.25, -0.2) is 12.7 Å². The van der Waals surface area contributed by atoms with Crippen molar-refractivity contribution in [1.82, 2.24) is 4.31 Å². The quantitative estimate of drug-likeness (QED) is 0.826. The first kappa shape index (κ1) is 15.7. The lowest BCUT2D eigenvalue weighted by atomic mass is 10.1. The summed E-state index contributed by atoms with van der Waals surface area (Å²) in [5, 5.41) is 8.50. The minimum atomic E-state index is -3.39. The molecule has 1 aromatic carbocycles. The number of hydrogen-bond acceptors (Lipinski definition) is 3. The molecule has 0 radical (unpaired) electrons. The number of sulfonamides is 1. The van der Waals surface area contributed by atoms with Crippen LogP contribution in [0.3, 0.4) is 0 Å². The topological polar surface area (TPSA) is 74.7 Å². The predicted molar refractivity (Wildman–Crippen MR) is 73.3 cm³/mol. The smallest absolute Gasteiger partial charge is 0.303 e. The molecule has 19 heavy (non-hydrogen) atoms. The summed E-state index contributed by atoms with van der Waals surface area (Å²) in [5.74, 6) is -1.11. The molecule has 0 unspecified atom stereocenters. The van der Waals surface area contributed by atoms with Crippen molar-refractivity contribution in [3.8, 4) is 0 Å². The van der Waals surface area contributed by atoms with Gasteiger partial charge in [-0.3, -0.25) is 4.79 Å². The van der Waals surface area contributed by atoms with Crippen molar-refractivity contribution in [2.24, 2.45) is 0 Å². The molecule has 0 amide bonds. The number of carboxylic acid groups (broad SMARTS) is 1. The molecular weight excluding hydrogens is 266 g/mol. The normalized spacial score (nSPS) is 11.7. The second kappa shape index (κ2) is 6.68. The van der Waals surface area contributed by atoms with Crippen LogP contribution < -0.4 is 0 Å². The van der Waals surface area contributed by atoms with Crippen LogP contribution >= 0.6 is 0 Å². The maximum Gasteiger partial charge on any atom is 0.303 e. The number of aryl methyl sites for hydroxylation is 1. The number of nitrogens with zero attached hydrogens (tertiary/aromatic N) is 1. The lowest BCUT2D eigenvalue weighted by molar-refractivity contribution is -0.137. The Hall–Kier alpha value is -1.40. The predicted octanol–water partition coefficient (Wildman–Crippen LogP) is 1.62. The summed E-state index contributed by atoms with van der Waals surface area (Å²) in [4.78, 5) is 10.4. The van der Waals surface area contributed by atoms with Crippen LogP contribution in [0, 0.1) is 6.92 Å². The van der Waals surface area contributed by atoms with Gasteiger partial charge in [0.1, 0.15) is 0 Å². The molecular formula is C13H19NO4S. The van der Waals surface area contributed by atoms with E-state index in [1.165, 1.54) is 11.4 Å². The van der Waals surface area contributed by atoms with E-state index in [1.54, 1.807) is 0 Å². The highest BCUT2D eigenvalue weighted by Crippen LogP contribution is 2.10. The first-order valence-electron chi connectivity index (χ1n) is 6.02. The summed E-state index contributed by atoms with van der Waals surface area (Å²) in [5.41, 5.74) is 2.03.